The first-order valence-corrected chi connectivity index (χ1v) is 11.7. The summed E-state index contributed by atoms with van der Waals surface area (Å²) in [6, 6.07) is 14.8. The molecule has 0 fully saturated rings. The molecule has 7 heteroatoms. The first kappa shape index (κ1) is 23.7. The van der Waals surface area contributed by atoms with Crippen LogP contribution in [0.5, 0.6) is 5.75 Å². The topological polar surface area (TPSA) is 75.7 Å². The number of nitrogens with zero attached hydrogens (tertiary/aromatic N) is 1. The van der Waals surface area contributed by atoms with Gasteiger partial charge in [0.25, 0.3) is 10.0 Å². The van der Waals surface area contributed by atoms with E-state index in [-0.39, 0.29) is 35.2 Å². The summed E-state index contributed by atoms with van der Waals surface area (Å²) in [5.41, 5.74) is 0.406. The second-order valence-electron chi connectivity index (χ2n) is 7.83. The predicted octanol–water partition coefficient (Wildman–Crippen LogP) is 4.08. The second kappa shape index (κ2) is 10.5. The molecule has 6 nitrogen and oxygen atoms in total. The summed E-state index contributed by atoms with van der Waals surface area (Å²) < 4.78 is 33.3. The highest BCUT2D eigenvalue weighted by molar-refractivity contribution is 7.92. The van der Waals surface area contributed by atoms with Crippen LogP contribution in [0.4, 0.5) is 5.69 Å². The highest BCUT2D eigenvalue weighted by atomic mass is 32.2. The van der Waals surface area contributed by atoms with Crippen molar-refractivity contribution in [3.05, 3.63) is 54.6 Å². The van der Waals surface area contributed by atoms with Gasteiger partial charge in [-0.3, -0.25) is 9.10 Å². The third-order valence-corrected chi connectivity index (χ3v) is 6.61. The minimum atomic E-state index is -3.92. The molecule has 1 N–H and O–H groups in total. The summed E-state index contributed by atoms with van der Waals surface area (Å²) in [5, 5.41) is 3.00. The van der Waals surface area contributed by atoms with Gasteiger partial charge in [-0.25, -0.2) is 8.42 Å². The third-order valence-electron chi connectivity index (χ3n) is 4.82. The third kappa shape index (κ3) is 5.98. The maximum absolute atomic E-state index is 13.3. The van der Waals surface area contributed by atoms with Crippen molar-refractivity contribution in [2.75, 3.05) is 17.5 Å². The van der Waals surface area contributed by atoms with Gasteiger partial charge in [-0.05, 0) is 55.2 Å². The van der Waals surface area contributed by atoms with E-state index in [9.17, 15) is 13.2 Å². The molecule has 0 aromatic heterocycles. The van der Waals surface area contributed by atoms with E-state index < -0.39 is 10.0 Å². The van der Waals surface area contributed by atoms with Crippen molar-refractivity contribution < 1.29 is 17.9 Å². The van der Waals surface area contributed by atoms with Crippen LogP contribution in [0.15, 0.2) is 59.5 Å². The van der Waals surface area contributed by atoms with E-state index in [0.29, 0.717) is 18.0 Å². The van der Waals surface area contributed by atoms with Crippen molar-refractivity contribution in [1.82, 2.24) is 5.32 Å². The molecule has 2 rings (SSSR count). The molecule has 0 saturated heterocycles. The molecule has 0 bridgehead atoms. The average molecular weight is 433 g/mol. The normalized spacial score (nSPS) is 11.7. The standard InChI is InChI=1S/C23H32N2O4S/c1-6-29-20-14-12-19(13-15-20)25(30(27,28)21-10-8-7-9-11-21)16-22(26)24-23(17(2)3)18(4)5/h7-15,17-18,23H,6,16H2,1-5H3,(H,24,26). The molecule has 0 spiro atoms. The van der Waals surface area contributed by atoms with Gasteiger partial charge in [-0.1, -0.05) is 45.9 Å². The highest BCUT2D eigenvalue weighted by Gasteiger charge is 2.28. The monoisotopic (exact) mass is 432 g/mol. The van der Waals surface area contributed by atoms with E-state index in [2.05, 4.69) is 5.32 Å². The zero-order valence-corrected chi connectivity index (χ0v) is 19.1. The summed E-state index contributed by atoms with van der Waals surface area (Å²) in [5.74, 6) is 0.774. The fraction of sp³-hybridized carbons (Fsp3) is 0.435. The average Bonchev–Trinajstić information content (AvgIpc) is 2.71. The number of hydrogen-bond donors (Lipinski definition) is 1. The van der Waals surface area contributed by atoms with Crippen LogP contribution >= 0.6 is 0 Å². The first-order chi connectivity index (χ1) is 14.2. The summed E-state index contributed by atoms with van der Waals surface area (Å²) in [4.78, 5) is 13.0. The maximum Gasteiger partial charge on any atom is 0.264 e. The van der Waals surface area contributed by atoms with Gasteiger partial charge >= 0.3 is 0 Å². The molecular formula is C23H32N2O4S. The Morgan fingerprint density at radius 3 is 2.03 bits per heavy atom. The zero-order valence-electron chi connectivity index (χ0n) is 18.3. The Hall–Kier alpha value is -2.54. The number of anilines is 1. The molecule has 0 saturated carbocycles. The summed E-state index contributed by atoms with van der Waals surface area (Å²) in [6.07, 6.45) is 0. The Balaban J connectivity index is 2.37. The quantitative estimate of drug-likeness (QED) is 0.614. The molecule has 0 unspecified atom stereocenters. The lowest BCUT2D eigenvalue weighted by atomic mass is 9.93. The summed E-state index contributed by atoms with van der Waals surface area (Å²) >= 11 is 0. The van der Waals surface area contributed by atoms with Gasteiger partial charge in [0.05, 0.1) is 17.2 Å². The van der Waals surface area contributed by atoms with Crippen LogP contribution in [0, 0.1) is 11.8 Å². The summed E-state index contributed by atoms with van der Waals surface area (Å²) in [7, 11) is -3.92. The number of carbonyl (C=O) groups is 1. The largest absolute Gasteiger partial charge is 0.494 e. The van der Waals surface area contributed by atoms with Crippen LogP contribution in [0.3, 0.4) is 0 Å². The minimum Gasteiger partial charge on any atom is -0.494 e. The lowest BCUT2D eigenvalue weighted by Gasteiger charge is -2.29. The molecule has 0 radical (unpaired) electrons. The Kier molecular flexibility index (Phi) is 8.29. The van der Waals surface area contributed by atoms with Gasteiger partial charge in [0, 0.05) is 6.04 Å². The Morgan fingerprint density at radius 2 is 1.53 bits per heavy atom. The van der Waals surface area contributed by atoms with Crippen LogP contribution in [-0.4, -0.2) is 33.5 Å². The molecule has 0 heterocycles. The van der Waals surface area contributed by atoms with E-state index in [0.717, 1.165) is 4.31 Å². The van der Waals surface area contributed by atoms with Crippen LogP contribution in [-0.2, 0) is 14.8 Å². The van der Waals surface area contributed by atoms with Crippen molar-refractivity contribution >= 4 is 21.6 Å². The highest BCUT2D eigenvalue weighted by Crippen LogP contribution is 2.26. The minimum absolute atomic E-state index is 0.0425. The second-order valence-corrected chi connectivity index (χ2v) is 9.70. The molecular weight excluding hydrogens is 400 g/mol. The van der Waals surface area contributed by atoms with Crippen molar-refractivity contribution in [2.45, 2.75) is 45.6 Å². The van der Waals surface area contributed by atoms with E-state index in [1.165, 1.54) is 12.1 Å². The Morgan fingerprint density at radius 1 is 0.967 bits per heavy atom. The first-order valence-electron chi connectivity index (χ1n) is 10.3. The molecule has 30 heavy (non-hydrogen) atoms. The van der Waals surface area contributed by atoms with Gasteiger partial charge in [0.2, 0.25) is 5.91 Å². The number of benzene rings is 2. The van der Waals surface area contributed by atoms with Crippen LogP contribution in [0.1, 0.15) is 34.6 Å². The Labute approximate surface area is 180 Å². The molecule has 2 aromatic rings. The lowest BCUT2D eigenvalue weighted by molar-refractivity contribution is -0.121. The SMILES string of the molecule is CCOc1ccc(N(CC(=O)NC(C(C)C)C(C)C)S(=O)(=O)c2ccccc2)cc1. The Bertz CT molecular complexity index is 902. The van der Waals surface area contributed by atoms with Crippen molar-refractivity contribution in [1.29, 1.82) is 0 Å². The molecule has 164 valence electrons. The van der Waals surface area contributed by atoms with Gasteiger partial charge in [0.15, 0.2) is 0 Å². The number of rotatable bonds is 10. The summed E-state index contributed by atoms with van der Waals surface area (Å²) in [6.45, 7) is 10.2. The number of nitrogens with one attached hydrogen (secondary N) is 1. The van der Waals surface area contributed by atoms with E-state index in [1.807, 2.05) is 34.6 Å². The fourth-order valence-corrected chi connectivity index (χ4v) is 4.82. The molecule has 0 aliphatic carbocycles. The van der Waals surface area contributed by atoms with Gasteiger partial charge in [-0.2, -0.15) is 0 Å². The molecule has 0 atom stereocenters. The fourth-order valence-electron chi connectivity index (χ4n) is 3.38. The van der Waals surface area contributed by atoms with E-state index in [4.69, 9.17) is 4.74 Å². The maximum atomic E-state index is 13.3. The lowest BCUT2D eigenvalue weighted by Crippen LogP contribution is -2.47. The molecule has 2 aromatic carbocycles. The van der Waals surface area contributed by atoms with Gasteiger partial charge in [0.1, 0.15) is 12.3 Å². The van der Waals surface area contributed by atoms with Crippen molar-refractivity contribution in [2.24, 2.45) is 11.8 Å². The van der Waals surface area contributed by atoms with Crippen LogP contribution < -0.4 is 14.4 Å². The molecule has 0 aliphatic rings. The molecule has 0 aliphatic heterocycles. The van der Waals surface area contributed by atoms with E-state index >= 15 is 0 Å². The smallest absolute Gasteiger partial charge is 0.264 e. The van der Waals surface area contributed by atoms with Crippen LogP contribution in [0.2, 0.25) is 0 Å². The number of ether oxygens (including phenoxy) is 1. The number of hydrogen-bond acceptors (Lipinski definition) is 4. The molecule has 1 amide bonds. The number of sulfonamides is 1. The van der Waals surface area contributed by atoms with Crippen molar-refractivity contribution in [3.63, 3.8) is 0 Å². The number of carbonyl (C=O) groups excluding carboxylic acids is 1. The predicted molar refractivity (Wildman–Crippen MR) is 120 cm³/mol. The van der Waals surface area contributed by atoms with Crippen LogP contribution in [0.25, 0.3) is 0 Å². The zero-order chi connectivity index (χ0) is 22.3. The van der Waals surface area contributed by atoms with E-state index in [1.54, 1.807) is 42.5 Å². The number of amides is 1. The van der Waals surface area contributed by atoms with Crippen molar-refractivity contribution in [3.8, 4) is 5.75 Å². The van der Waals surface area contributed by atoms with Gasteiger partial charge < -0.3 is 10.1 Å². The van der Waals surface area contributed by atoms with Gasteiger partial charge in [-0.15, -0.1) is 0 Å².